The van der Waals surface area contributed by atoms with E-state index in [1.807, 2.05) is 36.5 Å². The summed E-state index contributed by atoms with van der Waals surface area (Å²) in [6.45, 7) is 5.78. The number of nitrogens with two attached hydrogens (primary N) is 1. The fraction of sp³-hybridized carbons (Fsp3) is 0.500. The van der Waals surface area contributed by atoms with Crippen molar-refractivity contribution in [1.29, 1.82) is 0 Å². The van der Waals surface area contributed by atoms with E-state index in [1.165, 1.54) is 12.0 Å². The molecule has 2 aliphatic rings. The minimum atomic E-state index is -1.09. The molecule has 6 nitrogen and oxygen atoms in total. The van der Waals surface area contributed by atoms with Crippen LogP contribution in [0.4, 0.5) is 0 Å². The Labute approximate surface area is 141 Å². The predicted molar refractivity (Wildman–Crippen MR) is 85.6 cm³/mol. The molecule has 4 atom stereocenters. The molecule has 2 heterocycles. The number of fused-ring (bicyclic) bond motifs is 1. The number of hydrogen-bond acceptors (Lipinski definition) is 4. The van der Waals surface area contributed by atoms with Crippen molar-refractivity contribution >= 4 is 17.8 Å². The van der Waals surface area contributed by atoms with Crippen LogP contribution in [0.2, 0.25) is 0 Å². The van der Waals surface area contributed by atoms with Gasteiger partial charge in [0.2, 0.25) is 17.4 Å². The lowest BCUT2D eigenvalue weighted by atomic mass is 9.80. The number of carbonyl (C=O) groups is 3. The molecular formula is C18H23N2O4+. The van der Waals surface area contributed by atoms with E-state index in [4.69, 9.17) is 4.74 Å². The number of methoxy groups -OCH3 is 1. The number of hydrogen-bond donors (Lipinski definition) is 1. The highest BCUT2D eigenvalue weighted by Gasteiger charge is 2.70. The molecule has 24 heavy (non-hydrogen) atoms. The molecule has 0 bridgehead atoms. The summed E-state index contributed by atoms with van der Waals surface area (Å²) in [5.74, 6) is -2.16. The summed E-state index contributed by atoms with van der Waals surface area (Å²) in [6, 6.07) is 7.52. The van der Waals surface area contributed by atoms with Crippen molar-refractivity contribution in [3.63, 3.8) is 0 Å². The summed E-state index contributed by atoms with van der Waals surface area (Å²) in [7, 11) is 1.32. The van der Waals surface area contributed by atoms with Gasteiger partial charge in [-0.2, -0.15) is 0 Å². The van der Waals surface area contributed by atoms with Gasteiger partial charge in [0.25, 0.3) is 0 Å². The largest absolute Gasteiger partial charge is 0.464 e. The van der Waals surface area contributed by atoms with Crippen LogP contribution in [0, 0.1) is 18.8 Å². The van der Waals surface area contributed by atoms with Crippen LogP contribution in [0.15, 0.2) is 24.3 Å². The highest BCUT2D eigenvalue weighted by molar-refractivity contribution is 6.08. The van der Waals surface area contributed by atoms with E-state index < -0.39 is 23.3 Å². The van der Waals surface area contributed by atoms with Crippen molar-refractivity contribution in [1.82, 2.24) is 4.90 Å². The molecule has 2 saturated heterocycles. The number of nitrogens with zero attached hydrogens (tertiary/aromatic N) is 1. The highest BCUT2D eigenvalue weighted by Crippen LogP contribution is 2.44. The minimum Gasteiger partial charge on any atom is -0.464 e. The van der Waals surface area contributed by atoms with Crippen LogP contribution in [0.25, 0.3) is 0 Å². The molecule has 6 heteroatoms. The van der Waals surface area contributed by atoms with E-state index in [0.717, 1.165) is 11.1 Å². The fourth-order valence-electron chi connectivity index (χ4n) is 4.29. The predicted octanol–water partition coefficient (Wildman–Crippen LogP) is 0.166. The molecule has 3 rings (SSSR count). The van der Waals surface area contributed by atoms with Gasteiger partial charge in [0.05, 0.1) is 7.11 Å². The maximum absolute atomic E-state index is 12.9. The topological polar surface area (TPSA) is 80.3 Å². The van der Waals surface area contributed by atoms with Gasteiger partial charge in [-0.1, -0.05) is 24.3 Å². The Balaban J connectivity index is 2.13. The van der Waals surface area contributed by atoms with Crippen molar-refractivity contribution in [2.24, 2.45) is 11.8 Å². The molecule has 128 valence electrons. The first-order valence-electron chi connectivity index (χ1n) is 8.22. The molecule has 2 N–H and O–H groups in total. The second kappa shape index (κ2) is 5.70. The molecule has 1 aromatic rings. The third-order valence-corrected chi connectivity index (χ3v) is 5.49. The van der Waals surface area contributed by atoms with Crippen LogP contribution in [-0.4, -0.2) is 41.9 Å². The van der Waals surface area contributed by atoms with E-state index in [9.17, 15) is 14.4 Å². The number of ether oxygens (including phenoxy) is 1. The fourth-order valence-corrected chi connectivity index (χ4v) is 4.29. The Bertz CT molecular complexity index is 717. The van der Waals surface area contributed by atoms with Crippen molar-refractivity contribution in [2.45, 2.75) is 32.4 Å². The van der Waals surface area contributed by atoms with Gasteiger partial charge in [0, 0.05) is 19.0 Å². The van der Waals surface area contributed by atoms with Crippen molar-refractivity contribution in [2.75, 3.05) is 13.7 Å². The Kier molecular flexibility index (Phi) is 3.95. The zero-order chi connectivity index (χ0) is 17.6. The molecule has 0 saturated carbocycles. The van der Waals surface area contributed by atoms with Gasteiger partial charge in [0.15, 0.2) is 0 Å². The second-order valence-corrected chi connectivity index (χ2v) is 6.75. The molecule has 2 amide bonds. The Morgan fingerprint density at radius 2 is 1.96 bits per heavy atom. The lowest BCUT2D eigenvalue weighted by Crippen LogP contribution is -2.97. The first-order chi connectivity index (χ1) is 11.4. The summed E-state index contributed by atoms with van der Waals surface area (Å²) >= 11 is 0. The quantitative estimate of drug-likeness (QED) is 0.632. The Morgan fingerprint density at radius 1 is 1.29 bits per heavy atom. The van der Waals surface area contributed by atoms with Gasteiger partial charge >= 0.3 is 5.97 Å². The van der Waals surface area contributed by atoms with E-state index in [2.05, 4.69) is 0 Å². The first-order valence-corrected chi connectivity index (χ1v) is 8.22. The number of esters is 1. The highest BCUT2D eigenvalue weighted by atomic mass is 16.5. The molecular weight excluding hydrogens is 308 g/mol. The zero-order valence-electron chi connectivity index (χ0n) is 14.4. The number of quaternary nitrogens is 1. The van der Waals surface area contributed by atoms with Crippen LogP contribution >= 0.6 is 0 Å². The number of imide groups is 1. The summed E-state index contributed by atoms with van der Waals surface area (Å²) in [4.78, 5) is 39.4. The molecule has 0 radical (unpaired) electrons. The maximum atomic E-state index is 12.9. The number of benzene rings is 1. The van der Waals surface area contributed by atoms with E-state index >= 15 is 0 Å². The van der Waals surface area contributed by atoms with Crippen LogP contribution in [0.3, 0.4) is 0 Å². The third-order valence-electron chi connectivity index (χ3n) is 5.49. The minimum absolute atomic E-state index is 0.190. The normalized spacial score (nSPS) is 32.2. The molecule has 0 unspecified atom stereocenters. The second-order valence-electron chi connectivity index (χ2n) is 6.75. The van der Waals surface area contributed by atoms with Gasteiger partial charge in [-0.05, 0) is 19.4 Å². The van der Waals surface area contributed by atoms with Gasteiger partial charge < -0.3 is 10.1 Å². The smallest absolute Gasteiger partial charge is 0.368 e. The zero-order valence-corrected chi connectivity index (χ0v) is 14.4. The van der Waals surface area contributed by atoms with Gasteiger partial charge in [-0.15, -0.1) is 0 Å². The van der Waals surface area contributed by atoms with Crippen LogP contribution < -0.4 is 5.32 Å². The van der Waals surface area contributed by atoms with Crippen molar-refractivity contribution < 1.29 is 24.4 Å². The maximum Gasteiger partial charge on any atom is 0.368 e. The molecule has 1 aromatic carbocycles. The number of rotatable bonds is 3. The summed E-state index contributed by atoms with van der Waals surface area (Å²) < 4.78 is 4.96. The van der Waals surface area contributed by atoms with Gasteiger partial charge in [-0.25, -0.2) is 4.79 Å². The van der Waals surface area contributed by atoms with Crippen LogP contribution in [-0.2, 0) is 19.1 Å². The SMILES string of the molecule is CCN1C(=O)[C@H]2[C@@H](C1=O)[C@](C)(C(=O)OC)[NH2+][C@H]2c1ccccc1C. The number of likely N-dealkylation sites (tertiary alicyclic amines) is 1. The number of carbonyl (C=O) groups excluding carboxylic acids is 3. The number of aryl methyl sites for hydroxylation is 1. The standard InChI is InChI=1S/C18H22N2O4/c1-5-20-15(21)12-13(16(20)22)18(3,17(23)24-4)19-14(12)11-9-7-6-8-10(11)2/h6-9,12-14,19H,5H2,1-4H3/p+1/t12-,13-,14-,18+/m0/s1. The molecule has 0 aromatic heterocycles. The Hall–Kier alpha value is -2.21. The average Bonchev–Trinajstić information content (AvgIpc) is 3.02. The molecule has 2 aliphatic heterocycles. The van der Waals surface area contributed by atoms with Crippen LogP contribution in [0.5, 0.6) is 0 Å². The van der Waals surface area contributed by atoms with E-state index in [0.29, 0.717) is 6.54 Å². The average molecular weight is 331 g/mol. The van der Waals surface area contributed by atoms with E-state index in [-0.39, 0.29) is 17.9 Å². The third kappa shape index (κ3) is 2.09. The lowest BCUT2D eigenvalue weighted by molar-refractivity contribution is -0.731. The molecule has 0 spiro atoms. The summed E-state index contributed by atoms with van der Waals surface area (Å²) in [5, 5.41) is 1.85. The van der Waals surface area contributed by atoms with Gasteiger partial charge in [-0.3, -0.25) is 14.5 Å². The summed E-state index contributed by atoms with van der Waals surface area (Å²) in [6.07, 6.45) is 0. The lowest BCUT2D eigenvalue weighted by Gasteiger charge is -2.25. The molecule has 2 fully saturated rings. The first kappa shape index (κ1) is 16.6. The van der Waals surface area contributed by atoms with Crippen LogP contribution in [0.1, 0.15) is 31.0 Å². The Morgan fingerprint density at radius 3 is 2.54 bits per heavy atom. The van der Waals surface area contributed by atoms with Crippen molar-refractivity contribution in [3.8, 4) is 0 Å². The number of amides is 2. The molecule has 0 aliphatic carbocycles. The van der Waals surface area contributed by atoms with Gasteiger partial charge in [0.1, 0.15) is 17.9 Å². The summed E-state index contributed by atoms with van der Waals surface area (Å²) in [5.41, 5.74) is 0.935. The monoisotopic (exact) mass is 331 g/mol. The van der Waals surface area contributed by atoms with E-state index in [1.54, 1.807) is 13.8 Å². The van der Waals surface area contributed by atoms with Crippen molar-refractivity contribution in [3.05, 3.63) is 35.4 Å².